The van der Waals surface area contributed by atoms with Crippen LogP contribution in [-0.4, -0.2) is 31.9 Å². The number of imidazole rings is 1. The second-order valence-electron chi connectivity index (χ2n) is 6.45. The van der Waals surface area contributed by atoms with E-state index in [0.29, 0.717) is 29.7 Å². The summed E-state index contributed by atoms with van der Waals surface area (Å²) in [4.78, 5) is 23.2. The number of aromatic nitrogens is 3. The molecule has 3 heterocycles. The fraction of sp³-hybridized carbons (Fsp3) is 0.316. The van der Waals surface area contributed by atoms with E-state index < -0.39 is 0 Å². The van der Waals surface area contributed by atoms with Gasteiger partial charge < -0.3 is 13.9 Å². The summed E-state index contributed by atoms with van der Waals surface area (Å²) < 4.78 is 7.70. The molecule has 26 heavy (non-hydrogen) atoms. The van der Waals surface area contributed by atoms with Crippen LogP contribution in [-0.2, 0) is 13.5 Å². The van der Waals surface area contributed by atoms with Crippen LogP contribution >= 0.6 is 11.6 Å². The zero-order valence-corrected chi connectivity index (χ0v) is 15.2. The minimum Gasteiger partial charge on any atom is -0.443 e. The summed E-state index contributed by atoms with van der Waals surface area (Å²) in [5, 5.41) is 0.706. The molecule has 1 saturated heterocycles. The molecule has 1 aliphatic rings. The first kappa shape index (κ1) is 16.8. The van der Waals surface area contributed by atoms with Gasteiger partial charge in [-0.1, -0.05) is 29.8 Å². The van der Waals surface area contributed by atoms with Crippen molar-refractivity contribution in [3.63, 3.8) is 0 Å². The highest BCUT2D eigenvalue weighted by atomic mass is 35.5. The van der Waals surface area contributed by atoms with Crippen LogP contribution in [0.15, 0.2) is 47.3 Å². The molecule has 0 saturated carbocycles. The number of rotatable bonds is 4. The summed E-state index contributed by atoms with van der Waals surface area (Å²) >= 11 is 6.22. The van der Waals surface area contributed by atoms with Crippen molar-refractivity contribution < 1.29 is 9.21 Å². The van der Waals surface area contributed by atoms with Gasteiger partial charge in [-0.05, 0) is 24.5 Å². The SMILES string of the molecule is Cn1ccnc1C(=O)N1CCC[C@H]1c1ncc(Cc2ccccc2Cl)o1. The lowest BCUT2D eigenvalue weighted by Crippen LogP contribution is -2.32. The second kappa shape index (κ2) is 6.96. The average Bonchev–Trinajstić information content (AvgIpc) is 3.36. The first-order valence-corrected chi connectivity index (χ1v) is 8.97. The number of oxazole rings is 1. The molecule has 0 radical (unpaired) electrons. The number of hydrogen-bond acceptors (Lipinski definition) is 4. The van der Waals surface area contributed by atoms with Gasteiger partial charge in [-0.3, -0.25) is 4.79 Å². The third-order valence-corrected chi connectivity index (χ3v) is 5.07. The maximum Gasteiger partial charge on any atom is 0.290 e. The highest BCUT2D eigenvalue weighted by Crippen LogP contribution is 2.33. The molecule has 3 aromatic rings. The van der Waals surface area contributed by atoms with E-state index in [0.717, 1.165) is 24.2 Å². The van der Waals surface area contributed by atoms with Crippen LogP contribution in [0.1, 0.15) is 46.7 Å². The van der Waals surface area contributed by atoms with Crippen molar-refractivity contribution in [2.45, 2.75) is 25.3 Å². The lowest BCUT2D eigenvalue weighted by molar-refractivity contribution is 0.0698. The average molecular weight is 371 g/mol. The van der Waals surface area contributed by atoms with Gasteiger partial charge in [0.1, 0.15) is 11.8 Å². The van der Waals surface area contributed by atoms with Gasteiger partial charge in [-0.25, -0.2) is 9.97 Å². The van der Waals surface area contributed by atoms with Crippen molar-refractivity contribution in [3.05, 3.63) is 70.9 Å². The van der Waals surface area contributed by atoms with E-state index in [1.807, 2.05) is 31.3 Å². The van der Waals surface area contributed by atoms with E-state index in [2.05, 4.69) is 9.97 Å². The summed E-state index contributed by atoms with van der Waals surface area (Å²) in [5.74, 6) is 1.65. The molecular weight excluding hydrogens is 352 g/mol. The topological polar surface area (TPSA) is 64.2 Å². The lowest BCUT2D eigenvalue weighted by Gasteiger charge is -2.21. The van der Waals surface area contributed by atoms with E-state index in [4.69, 9.17) is 16.0 Å². The minimum absolute atomic E-state index is 0.0918. The molecule has 1 fully saturated rings. The third kappa shape index (κ3) is 3.12. The van der Waals surface area contributed by atoms with Gasteiger partial charge in [-0.2, -0.15) is 0 Å². The largest absolute Gasteiger partial charge is 0.443 e. The molecule has 2 aromatic heterocycles. The van der Waals surface area contributed by atoms with Crippen LogP contribution in [0.3, 0.4) is 0 Å². The molecule has 0 spiro atoms. The van der Waals surface area contributed by atoms with Crippen LogP contribution in [0, 0.1) is 0 Å². The molecule has 1 aromatic carbocycles. The van der Waals surface area contributed by atoms with Gasteiger partial charge in [0.25, 0.3) is 5.91 Å². The first-order chi connectivity index (χ1) is 12.6. The van der Waals surface area contributed by atoms with Gasteiger partial charge in [0.2, 0.25) is 5.89 Å². The lowest BCUT2D eigenvalue weighted by atomic mass is 10.1. The van der Waals surface area contributed by atoms with Gasteiger partial charge in [0.05, 0.1) is 6.20 Å². The maximum atomic E-state index is 12.8. The molecule has 4 rings (SSSR count). The summed E-state index contributed by atoms with van der Waals surface area (Å²) in [7, 11) is 1.82. The Kier molecular flexibility index (Phi) is 4.51. The van der Waals surface area contributed by atoms with Crippen LogP contribution < -0.4 is 0 Å². The van der Waals surface area contributed by atoms with E-state index >= 15 is 0 Å². The van der Waals surface area contributed by atoms with Gasteiger partial charge in [0.15, 0.2) is 5.82 Å². The van der Waals surface area contributed by atoms with Crippen LogP contribution in [0.5, 0.6) is 0 Å². The molecule has 0 N–H and O–H groups in total. The molecule has 0 aliphatic carbocycles. The van der Waals surface area contributed by atoms with Gasteiger partial charge in [0, 0.05) is 37.4 Å². The van der Waals surface area contributed by atoms with Crippen LogP contribution in [0.2, 0.25) is 5.02 Å². The Hall–Kier alpha value is -2.60. The van der Waals surface area contributed by atoms with Crippen molar-refractivity contribution in [1.29, 1.82) is 0 Å². The van der Waals surface area contributed by atoms with Gasteiger partial charge in [-0.15, -0.1) is 0 Å². The highest BCUT2D eigenvalue weighted by Gasteiger charge is 2.35. The van der Waals surface area contributed by atoms with Crippen LogP contribution in [0.25, 0.3) is 0 Å². The zero-order chi connectivity index (χ0) is 18.1. The molecule has 1 aliphatic heterocycles. The van der Waals surface area contributed by atoms with Gasteiger partial charge >= 0.3 is 0 Å². The number of carbonyl (C=O) groups is 1. The molecule has 0 bridgehead atoms. The maximum absolute atomic E-state index is 12.8. The monoisotopic (exact) mass is 370 g/mol. The van der Waals surface area contributed by atoms with E-state index in [1.165, 1.54) is 0 Å². The third-order valence-electron chi connectivity index (χ3n) is 4.71. The fourth-order valence-electron chi connectivity index (χ4n) is 3.35. The molecule has 1 amide bonds. The number of likely N-dealkylation sites (tertiary alicyclic amines) is 1. The Labute approximate surface area is 156 Å². The smallest absolute Gasteiger partial charge is 0.290 e. The fourth-order valence-corrected chi connectivity index (χ4v) is 3.56. The Morgan fingerprint density at radius 1 is 1.35 bits per heavy atom. The Morgan fingerprint density at radius 2 is 2.19 bits per heavy atom. The Bertz CT molecular complexity index is 933. The summed E-state index contributed by atoms with van der Waals surface area (Å²) in [6.07, 6.45) is 7.45. The summed E-state index contributed by atoms with van der Waals surface area (Å²) in [6.45, 7) is 0.679. The molecule has 0 unspecified atom stereocenters. The number of carbonyl (C=O) groups excluding carboxylic acids is 1. The van der Waals surface area contributed by atoms with Crippen molar-refractivity contribution in [1.82, 2.24) is 19.4 Å². The summed E-state index contributed by atoms with van der Waals surface area (Å²) in [6, 6.07) is 7.52. The normalized spacial score (nSPS) is 17.0. The van der Waals surface area contributed by atoms with E-state index in [-0.39, 0.29) is 11.9 Å². The molecule has 1 atom stereocenters. The van der Waals surface area contributed by atoms with Crippen molar-refractivity contribution in [3.8, 4) is 0 Å². The van der Waals surface area contributed by atoms with E-state index in [1.54, 1.807) is 28.1 Å². The molecule has 7 heteroatoms. The predicted molar refractivity (Wildman–Crippen MR) is 97.0 cm³/mol. The first-order valence-electron chi connectivity index (χ1n) is 8.60. The van der Waals surface area contributed by atoms with E-state index in [9.17, 15) is 4.79 Å². The van der Waals surface area contributed by atoms with Crippen molar-refractivity contribution >= 4 is 17.5 Å². The van der Waals surface area contributed by atoms with Crippen molar-refractivity contribution in [2.24, 2.45) is 7.05 Å². The number of nitrogens with zero attached hydrogens (tertiary/aromatic N) is 4. The quantitative estimate of drug-likeness (QED) is 0.703. The number of halogens is 1. The standard InChI is InChI=1S/C19H19ClN4O2/c1-23-10-8-21-17(23)19(25)24-9-4-7-16(24)18-22-12-14(26-18)11-13-5-2-3-6-15(13)20/h2-3,5-6,8,10,12,16H,4,7,9,11H2,1H3/t16-/m0/s1. The number of amides is 1. The highest BCUT2D eigenvalue weighted by molar-refractivity contribution is 6.31. The number of benzene rings is 1. The minimum atomic E-state index is -0.154. The molecule has 6 nitrogen and oxygen atoms in total. The summed E-state index contributed by atoms with van der Waals surface area (Å²) in [5.41, 5.74) is 0.990. The molecular formula is C19H19ClN4O2. The van der Waals surface area contributed by atoms with Crippen molar-refractivity contribution in [2.75, 3.05) is 6.54 Å². The number of aryl methyl sites for hydroxylation is 1. The van der Waals surface area contributed by atoms with Crippen LogP contribution in [0.4, 0.5) is 0 Å². The number of hydrogen-bond donors (Lipinski definition) is 0. The second-order valence-corrected chi connectivity index (χ2v) is 6.86. The predicted octanol–water partition coefficient (Wildman–Crippen LogP) is 3.63. The zero-order valence-electron chi connectivity index (χ0n) is 14.4. The Morgan fingerprint density at radius 3 is 2.96 bits per heavy atom. The molecule has 134 valence electrons. The Balaban J connectivity index is 1.54.